The van der Waals surface area contributed by atoms with Gasteiger partial charge in [0, 0.05) is 6.54 Å². The lowest BCUT2D eigenvalue weighted by Crippen LogP contribution is -2.30. The maximum Gasteiger partial charge on any atom is 0.471 e. The normalized spacial score (nSPS) is 11.5. The molecule has 0 aliphatic carbocycles. The van der Waals surface area contributed by atoms with Crippen LogP contribution in [0.3, 0.4) is 0 Å². The molecule has 3 rings (SSSR count). The van der Waals surface area contributed by atoms with Crippen LogP contribution in [0.5, 0.6) is 0 Å². The molecular weight excluding hydrogens is 335 g/mol. The number of carbonyl (C=O) groups is 1. The number of pyridine rings is 1. The molecule has 0 saturated heterocycles. The number of nitrogens with zero attached hydrogens (tertiary/aromatic N) is 3. The molecule has 0 saturated carbocycles. The fourth-order valence-corrected chi connectivity index (χ4v) is 2.28. The number of aryl methyl sites for hydroxylation is 1. The molecule has 0 unspecified atom stereocenters. The Morgan fingerprint density at radius 1 is 1.16 bits per heavy atom. The van der Waals surface area contributed by atoms with Gasteiger partial charge in [0.05, 0.1) is 11.4 Å². The zero-order valence-corrected chi connectivity index (χ0v) is 13.1. The molecule has 130 valence electrons. The van der Waals surface area contributed by atoms with Crippen LogP contribution in [0.1, 0.15) is 11.3 Å². The van der Waals surface area contributed by atoms with Crippen molar-refractivity contribution >= 4 is 23.2 Å². The summed E-state index contributed by atoms with van der Waals surface area (Å²) in [6.07, 6.45) is -4.99. The molecule has 0 spiro atoms. The first-order valence-electron chi connectivity index (χ1n) is 7.37. The highest BCUT2D eigenvalue weighted by Crippen LogP contribution is 2.20. The summed E-state index contributed by atoms with van der Waals surface area (Å²) in [6, 6.07) is 13.1. The number of amides is 1. The minimum atomic E-state index is -4.99. The first-order chi connectivity index (χ1) is 11.8. The first kappa shape index (κ1) is 16.7. The summed E-state index contributed by atoms with van der Waals surface area (Å²) in [7, 11) is 0. The number of rotatable bonds is 4. The van der Waals surface area contributed by atoms with E-state index in [-0.39, 0.29) is 0 Å². The molecule has 0 aliphatic heterocycles. The summed E-state index contributed by atoms with van der Waals surface area (Å²) >= 11 is 0. The Kier molecular flexibility index (Phi) is 4.30. The molecule has 0 fully saturated rings. The maximum atomic E-state index is 12.3. The molecular formula is C16H14F3N5O. The van der Waals surface area contributed by atoms with Crippen LogP contribution in [-0.2, 0) is 11.3 Å². The van der Waals surface area contributed by atoms with Gasteiger partial charge in [0.15, 0.2) is 5.65 Å². The molecule has 1 amide bonds. The predicted molar refractivity (Wildman–Crippen MR) is 86.2 cm³/mol. The summed E-state index contributed by atoms with van der Waals surface area (Å²) in [5, 5.41) is 8.80. The Labute approximate surface area is 140 Å². The van der Waals surface area contributed by atoms with Gasteiger partial charge in [-0.1, -0.05) is 30.3 Å². The van der Waals surface area contributed by atoms with Gasteiger partial charge in [-0.25, -0.2) is 4.52 Å². The monoisotopic (exact) mass is 349 g/mol. The van der Waals surface area contributed by atoms with Crippen molar-refractivity contribution in [3.8, 4) is 0 Å². The molecule has 0 bridgehead atoms. The van der Waals surface area contributed by atoms with Crippen LogP contribution in [-0.4, -0.2) is 26.7 Å². The lowest BCUT2D eigenvalue weighted by Gasteiger charge is -2.10. The maximum absolute atomic E-state index is 12.3. The van der Waals surface area contributed by atoms with Crippen molar-refractivity contribution < 1.29 is 18.0 Å². The van der Waals surface area contributed by atoms with Crippen LogP contribution in [0.4, 0.5) is 24.8 Å². The van der Waals surface area contributed by atoms with Crippen molar-refractivity contribution in [2.24, 2.45) is 0 Å². The van der Waals surface area contributed by atoms with E-state index >= 15 is 0 Å². The highest BCUT2D eigenvalue weighted by atomic mass is 19.4. The highest BCUT2D eigenvalue weighted by Gasteiger charge is 2.39. The Morgan fingerprint density at radius 2 is 1.88 bits per heavy atom. The number of halogens is 3. The van der Waals surface area contributed by atoms with Crippen molar-refractivity contribution in [1.82, 2.24) is 14.6 Å². The quantitative estimate of drug-likeness (QED) is 0.759. The van der Waals surface area contributed by atoms with Gasteiger partial charge in [-0.05, 0) is 24.6 Å². The second-order valence-corrected chi connectivity index (χ2v) is 5.33. The summed E-state index contributed by atoms with van der Waals surface area (Å²) in [5.74, 6) is -2.51. The second-order valence-electron chi connectivity index (χ2n) is 5.33. The molecule has 2 aromatic heterocycles. The Bertz CT molecular complexity index is 905. The van der Waals surface area contributed by atoms with Gasteiger partial charge in [-0.3, -0.25) is 10.1 Å². The summed E-state index contributed by atoms with van der Waals surface area (Å²) in [6.45, 7) is 2.34. The summed E-state index contributed by atoms with van der Waals surface area (Å²) in [5.41, 5.74) is 2.84. The van der Waals surface area contributed by atoms with Crippen molar-refractivity contribution in [3.05, 3.63) is 53.7 Å². The fourth-order valence-electron chi connectivity index (χ4n) is 2.28. The van der Waals surface area contributed by atoms with Gasteiger partial charge in [0.25, 0.3) is 0 Å². The van der Waals surface area contributed by atoms with Gasteiger partial charge >= 0.3 is 12.1 Å². The zero-order valence-electron chi connectivity index (χ0n) is 13.1. The number of aromatic nitrogens is 3. The number of hydrogen-bond acceptors (Lipinski definition) is 4. The van der Waals surface area contributed by atoms with Gasteiger partial charge in [-0.15, -0.1) is 5.10 Å². The number of fused-ring (bicyclic) bond motifs is 1. The molecule has 6 nitrogen and oxygen atoms in total. The highest BCUT2D eigenvalue weighted by molar-refractivity contribution is 5.93. The number of hydrogen-bond donors (Lipinski definition) is 2. The predicted octanol–water partition coefficient (Wildman–Crippen LogP) is 3.15. The van der Waals surface area contributed by atoms with Crippen molar-refractivity contribution in [2.45, 2.75) is 19.6 Å². The number of carbonyl (C=O) groups excluding carboxylic acids is 1. The Hall–Kier alpha value is -3.10. The first-order valence-corrected chi connectivity index (χ1v) is 7.37. The third-order valence-corrected chi connectivity index (χ3v) is 3.55. The molecule has 1 aromatic carbocycles. The van der Waals surface area contributed by atoms with Gasteiger partial charge in [-0.2, -0.15) is 18.2 Å². The van der Waals surface area contributed by atoms with E-state index in [0.29, 0.717) is 17.9 Å². The van der Waals surface area contributed by atoms with Gasteiger partial charge in [0.1, 0.15) is 0 Å². The Morgan fingerprint density at radius 3 is 2.56 bits per heavy atom. The van der Waals surface area contributed by atoms with Gasteiger partial charge < -0.3 is 5.32 Å². The molecule has 2 N–H and O–H groups in total. The number of benzene rings is 1. The summed E-state index contributed by atoms with van der Waals surface area (Å²) in [4.78, 5) is 14.9. The number of nitrogens with one attached hydrogen (secondary N) is 2. The largest absolute Gasteiger partial charge is 0.471 e. The van der Waals surface area contributed by atoms with Crippen molar-refractivity contribution in [2.75, 3.05) is 10.6 Å². The molecule has 9 heteroatoms. The Balaban J connectivity index is 1.81. The van der Waals surface area contributed by atoms with Crippen LogP contribution < -0.4 is 10.6 Å². The lowest BCUT2D eigenvalue weighted by molar-refractivity contribution is -0.167. The van der Waals surface area contributed by atoms with Crippen LogP contribution in [0.2, 0.25) is 0 Å². The van der Waals surface area contributed by atoms with E-state index in [1.807, 2.05) is 30.3 Å². The average molecular weight is 349 g/mol. The fraction of sp³-hybridized carbons (Fsp3) is 0.188. The van der Waals surface area contributed by atoms with E-state index in [4.69, 9.17) is 0 Å². The molecule has 25 heavy (non-hydrogen) atoms. The van der Waals surface area contributed by atoms with Crippen LogP contribution >= 0.6 is 0 Å². The van der Waals surface area contributed by atoms with E-state index in [0.717, 1.165) is 11.3 Å². The number of alkyl halides is 3. The molecule has 0 atom stereocenters. The minimum Gasteiger partial charge on any atom is -0.379 e. The topological polar surface area (TPSA) is 71.3 Å². The van der Waals surface area contributed by atoms with E-state index in [1.54, 1.807) is 24.4 Å². The third-order valence-electron chi connectivity index (χ3n) is 3.55. The molecule has 0 radical (unpaired) electrons. The standard InChI is InChI=1S/C16H14F3N5O/c1-10-12(20-9-11-5-3-2-4-6-11)7-8-13-21-15(23-24(10)13)22-14(25)16(17,18)19/h2-8,20H,9H2,1H3,(H,22,23,25). The minimum absolute atomic E-state index is 0.334. The smallest absolute Gasteiger partial charge is 0.379 e. The van der Waals surface area contributed by atoms with Crippen LogP contribution in [0.15, 0.2) is 42.5 Å². The molecule has 3 aromatic rings. The zero-order chi connectivity index (χ0) is 18.0. The molecule has 0 aliphatic rings. The lowest BCUT2D eigenvalue weighted by atomic mass is 10.2. The number of anilines is 2. The SMILES string of the molecule is Cc1c(NCc2ccccc2)ccc2nc(NC(=O)C(F)(F)F)nn12. The summed E-state index contributed by atoms with van der Waals surface area (Å²) < 4.78 is 38.3. The average Bonchev–Trinajstić information content (AvgIpc) is 2.98. The van der Waals surface area contributed by atoms with E-state index in [2.05, 4.69) is 15.4 Å². The molecule has 2 heterocycles. The van der Waals surface area contributed by atoms with Crippen LogP contribution in [0.25, 0.3) is 5.65 Å². The van der Waals surface area contributed by atoms with E-state index in [1.165, 1.54) is 4.52 Å². The van der Waals surface area contributed by atoms with Crippen molar-refractivity contribution in [3.63, 3.8) is 0 Å². The van der Waals surface area contributed by atoms with Crippen LogP contribution in [0, 0.1) is 6.92 Å². The van der Waals surface area contributed by atoms with E-state index in [9.17, 15) is 18.0 Å². The third kappa shape index (κ3) is 3.70. The van der Waals surface area contributed by atoms with E-state index < -0.39 is 18.0 Å². The van der Waals surface area contributed by atoms with Crippen molar-refractivity contribution in [1.29, 1.82) is 0 Å². The van der Waals surface area contributed by atoms with Gasteiger partial charge in [0.2, 0.25) is 5.95 Å². The second kappa shape index (κ2) is 6.42.